The van der Waals surface area contributed by atoms with Crippen LogP contribution < -0.4 is 4.74 Å². The number of hydrogen-bond acceptors (Lipinski definition) is 2. The van der Waals surface area contributed by atoms with Gasteiger partial charge in [-0.25, -0.2) is 0 Å². The third kappa shape index (κ3) is 7.93. The van der Waals surface area contributed by atoms with Crippen LogP contribution in [0.2, 0.25) is 0 Å². The molecule has 1 N–H and O–H groups in total. The maximum atomic E-state index is 6.20. The van der Waals surface area contributed by atoms with Crippen LogP contribution in [-0.2, 0) is 4.74 Å². The van der Waals surface area contributed by atoms with Crippen LogP contribution in [0.4, 0.5) is 0 Å². The van der Waals surface area contributed by atoms with E-state index in [9.17, 15) is 0 Å². The van der Waals surface area contributed by atoms with E-state index in [1.807, 2.05) is 0 Å². The van der Waals surface area contributed by atoms with Crippen LogP contribution in [0.3, 0.4) is 0 Å². The maximum absolute atomic E-state index is 6.20. The molecule has 3 heteroatoms. The zero-order chi connectivity index (χ0) is 30.0. The Bertz CT molecular complexity index is 1510. The van der Waals surface area contributed by atoms with Crippen molar-refractivity contribution >= 4 is 21.8 Å². The maximum Gasteiger partial charge on any atom is 0.119 e. The molecule has 0 fully saturated rings. The van der Waals surface area contributed by atoms with Crippen molar-refractivity contribution in [2.75, 3.05) is 13.2 Å². The van der Waals surface area contributed by atoms with Crippen LogP contribution >= 0.6 is 0 Å². The van der Waals surface area contributed by atoms with Gasteiger partial charge in [-0.3, -0.25) is 0 Å². The van der Waals surface area contributed by atoms with Crippen LogP contribution in [0, 0.1) is 11.8 Å². The summed E-state index contributed by atoms with van der Waals surface area (Å²) in [6.45, 7) is 10.7. The number of nitrogens with one attached hydrogen (secondary N) is 1. The summed E-state index contributed by atoms with van der Waals surface area (Å²) in [5, 5.41) is 2.56. The van der Waals surface area contributed by atoms with Gasteiger partial charge in [-0.2, -0.15) is 0 Å². The summed E-state index contributed by atoms with van der Waals surface area (Å²) in [7, 11) is 0. The second-order valence-electron chi connectivity index (χ2n) is 12.5. The van der Waals surface area contributed by atoms with E-state index in [4.69, 9.17) is 9.47 Å². The molecule has 3 unspecified atom stereocenters. The summed E-state index contributed by atoms with van der Waals surface area (Å²) < 4.78 is 12.4. The topological polar surface area (TPSA) is 34.2 Å². The van der Waals surface area contributed by atoms with Gasteiger partial charge in [-0.15, -0.1) is 0 Å². The second kappa shape index (κ2) is 15.3. The van der Waals surface area contributed by atoms with Gasteiger partial charge in [-0.1, -0.05) is 96.6 Å². The largest absolute Gasteiger partial charge is 0.494 e. The molecule has 1 aliphatic carbocycles. The molecule has 0 spiro atoms. The average molecular weight is 578 g/mol. The summed E-state index contributed by atoms with van der Waals surface area (Å²) >= 11 is 0. The van der Waals surface area contributed by atoms with Gasteiger partial charge >= 0.3 is 0 Å². The van der Waals surface area contributed by atoms with Gasteiger partial charge in [0.05, 0.1) is 13.2 Å². The van der Waals surface area contributed by atoms with Crippen molar-refractivity contribution in [2.24, 2.45) is 11.8 Å². The van der Waals surface area contributed by atoms with E-state index in [2.05, 4.69) is 112 Å². The fourth-order valence-corrected chi connectivity index (χ4v) is 6.25. The molecule has 0 radical (unpaired) electrons. The highest BCUT2D eigenvalue weighted by atomic mass is 16.5. The fraction of sp³-hybridized carbons (Fsp3) is 0.450. The number of allylic oxidation sites excluding steroid dienone is 3. The fourth-order valence-electron chi connectivity index (χ4n) is 6.25. The molecule has 4 aromatic rings. The normalized spacial score (nSPS) is 16.4. The van der Waals surface area contributed by atoms with Gasteiger partial charge in [0, 0.05) is 27.7 Å². The monoisotopic (exact) mass is 577 g/mol. The number of aromatic amines is 1. The van der Waals surface area contributed by atoms with Gasteiger partial charge in [0.25, 0.3) is 0 Å². The molecule has 43 heavy (non-hydrogen) atoms. The van der Waals surface area contributed by atoms with Gasteiger partial charge < -0.3 is 14.5 Å². The summed E-state index contributed by atoms with van der Waals surface area (Å²) in [6.07, 6.45) is 17.7. The van der Waals surface area contributed by atoms with E-state index in [1.54, 1.807) is 0 Å². The lowest BCUT2D eigenvalue weighted by Crippen LogP contribution is -2.11. The Morgan fingerprint density at radius 3 is 1.98 bits per heavy atom. The van der Waals surface area contributed by atoms with Crippen molar-refractivity contribution < 1.29 is 9.47 Å². The van der Waals surface area contributed by atoms with E-state index in [1.165, 1.54) is 89.9 Å². The van der Waals surface area contributed by atoms with E-state index in [-0.39, 0.29) is 0 Å². The van der Waals surface area contributed by atoms with Crippen molar-refractivity contribution in [3.05, 3.63) is 90.2 Å². The van der Waals surface area contributed by atoms with Gasteiger partial charge in [-0.05, 0) is 96.3 Å². The van der Waals surface area contributed by atoms with Crippen LogP contribution in [0.25, 0.3) is 32.9 Å². The second-order valence-corrected chi connectivity index (χ2v) is 12.5. The molecule has 3 atom stereocenters. The number of fused-ring (bicyclic) bond motifs is 3. The standard InChI is InChI=1S/C40H51NO2/c1-5-9-11-29(7-3)27-42-35-19-13-31(14-20-35)33-17-23-39-37(25-33)38-26-34(18-24-40(38)41-39)32-15-21-36(22-16-32)43-28-30(8-4)12-10-6-2/h13-15,17-26,29-30,32,41H,5-12,16,27-28H2,1-4H3. The molecule has 3 nitrogen and oxygen atoms in total. The molecule has 1 heterocycles. The number of aromatic nitrogens is 1. The van der Waals surface area contributed by atoms with Crippen LogP contribution in [0.5, 0.6) is 5.75 Å². The predicted octanol–water partition coefficient (Wildman–Crippen LogP) is 11.7. The zero-order valence-corrected chi connectivity index (χ0v) is 26.8. The lowest BCUT2D eigenvalue weighted by Gasteiger charge is -2.20. The summed E-state index contributed by atoms with van der Waals surface area (Å²) in [5.41, 5.74) is 6.16. The molecular formula is C40H51NO2. The summed E-state index contributed by atoms with van der Waals surface area (Å²) in [5.74, 6) is 3.65. The van der Waals surface area contributed by atoms with Crippen molar-refractivity contribution in [3.8, 4) is 16.9 Å². The first kappa shape index (κ1) is 31.0. The highest BCUT2D eigenvalue weighted by Gasteiger charge is 2.16. The van der Waals surface area contributed by atoms with Crippen LogP contribution in [0.1, 0.15) is 97.0 Å². The van der Waals surface area contributed by atoms with E-state index >= 15 is 0 Å². The number of unbranched alkanes of at least 4 members (excludes halogenated alkanes) is 2. The Labute approximate surface area is 259 Å². The lowest BCUT2D eigenvalue weighted by molar-refractivity contribution is 0.163. The molecular weight excluding hydrogens is 526 g/mol. The number of ether oxygens (including phenoxy) is 2. The van der Waals surface area contributed by atoms with Crippen molar-refractivity contribution in [1.29, 1.82) is 0 Å². The molecule has 3 aromatic carbocycles. The molecule has 1 aromatic heterocycles. The highest BCUT2D eigenvalue weighted by Crippen LogP contribution is 2.35. The Morgan fingerprint density at radius 1 is 0.721 bits per heavy atom. The van der Waals surface area contributed by atoms with Crippen molar-refractivity contribution in [2.45, 2.75) is 91.4 Å². The van der Waals surface area contributed by atoms with E-state index in [0.29, 0.717) is 17.8 Å². The molecule has 0 saturated heterocycles. The summed E-state index contributed by atoms with van der Waals surface area (Å²) in [4.78, 5) is 3.63. The smallest absolute Gasteiger partial charge is 0.119 e. The SMILES string of the molecule is CCCCC(CC)COC1=CCC(c2ccc3[nH]c4ccc(-c5ccc(OCC(CC)CCCC)cc5)cc4c3c2)C=C1. The molecule has 0 saturated carbocycles. The van der Waals surface area contributed by atoms with Crippen LogP contribution in [0.15, 0.2) is 84.7 Å². The first-order valence-electron chi connectivity index (χ1n) is 16.9. The minimum absolute atomic E-state index is 0.369. The van der Waals surface area contributed by atoms with Gasteiger partial charge in [0.1, 0.15) is 11.5 Å². The molecule has 228 valence electrons. The molecule has 0 aliphatic heterocycles. The molecule has 5 rings (SSSR count). The first-order chi connectivity index (χ1) is 21.1. The molecule has 0 amide bonds. The van der Waals surface area contributed by atoms with Crippen molar-refractivity contribution in [1.82, 2.24) is 4.98 Å². The van der Waals surface area contributed by atoms with Crippen LogP contribution in [-0.4, -0.2) is 18.2 Å². The average Bonchev–Trinajstić information content (AvgIpc) is 3.43. The number of benzene rings is 3. The lowest BCUT2D eigenvalue weighted by atomic mass is 9.91. The minimum atomic E-state index is 0.369. The first-order valence-corrected chi connectivity index (χ1v) is 16.9. The minimum Gasteiger partial charge on any atom is -0.494 e. The quantitative estimate of drug-likeness (QED) is 0.144. The molecule has 1 aliphatic rings. The third-order valence-corrected chi connectivity index (χ3v) is 9.36. The third-order valence-electron chi connectivity index (χ3n) is 9.36. The van der Waals surface area contributed by atoms with Crippen molar-refractivity contribution in [3.63, 3.8) is 0 Å². The Morgan fingerprint density at radius 2 is 1.35 bits per heavy atom. The van der Waals surface area contributed by atoms with E-state index in [0.717, 1.165) is 31.1 Å². The number of hydrogen-bond donors (Lipinski definition) is 1. The summed E-state index contributed by atoms with van der Waals surface area (Å²) in [6, 6.07) is 22.3. The Kier molecular flexibility index (Phi) is 11.0. The highest BCUT2D eigenvalue weighted by molar-refractivity contribution is 6.08. The van der Waals surface area contributed by atoms with Gasteiger partial charge in [0.2, 0.25) is 0 Å². The number of H-pyrrole nitrogens is 1. The number of rotatable bonds is 16. The molecule has 0 bridgehead atoms. The Balaban J connectivity index is 1.26. The van der Waals surface area contributed by atoms with Gasteiger partial charge in [0.15, 0.2) is 0 Å². The van der Waals surface area contributed by atoms with E-state index < -0.39 is 0 Å². The predicted molar refractivity (Wildman–Crippen MR) is 184 cm³/mol. The zero-order valence-electron chi connectivity index (χ0n) is 26.8. The Hall–Kier alpha value is -3.46.